The lowest BCUT2D eigenvalue weighted by Gasteiger charge is -2.06. The molecule has 4 nitrogen and oxygen atoms in total. The number of aromatic nitrogens is 2. The van der Waals surface area contributed by atoms with Gasteiger partial charge in [-0.3, -0.25) is 9.78 Å². The van der Waals surface area contributed by atoms with Gasteiger partial charge in [-0.2, -0.15) is 0 Å². The average molecular weight is 301 g/mol. The number of carbonyl (C=O) groups is 1. The first kappa shape index (κ1) is 15.5. The van der Waals surface area contributed by atoms with Crippen molar-refractivity contribution >= 4 is 17.7 Å². The fourth-order valence-corrected chi connectivity index (χ4v) is 2.60. The molecular weight excluding hydrogens is 282 g/mol. The van der Waals surface area contributed by atoms with Crippen LogP contribution >= 0.6 is 11.8 Å². The third-order valence-electron chi connectivity index (χ3n) is 3.15. The highest BCUT2D eigenvalue weighted by molar-refractivity contribution is 7.99. The predicted molar refractivity (Wildman–Crippen MR) is 85.7 cm³/mol. The highest BCUT2D eigenvalue weighted by atomic mass is 32.2. The molecule has 0 saturated heterocycles. The summed E-state index contributed by atoms with van der Waals surface area (Å²) in [6.45, 7) is 6.66. The first-order valence-electron chi connectivity index (χ1n) is 6.83. The highest BCUT2D eigenvalue weighted by Gasteiger charge is 2.06. The van der Waals surface area contributed by atoms with E-state index < -0.39 is 0 Å². The molecule has 1 N–H and O–H groups in total. The Balaban J connectivity index is 1.77. The lowest BCUT2D eigenvalue weighted by Crippen LogP contribution is -2.26. The average Bonchev–Trinajstić information content (AvgIpc) is 2.47. The maximum absolute atomic E-state index is 11.8. The van der Waals surface area contributed by atoms with Crippen LogP contribution in [0.25, 0.3) is 0 Å². The van der Waals surface area contributed by atoms with E-state index in [2.05, 4.69) is 47.3 Å². The number of amides is 1. The van der Waals surface area contributed by atoms with Crippen molar-refractivity contribution in [1.29, 1.82) is 0 Å². The van der Waals surface area contributed by atoms with Gasteiger partial charge < -0.3 is 5.32 Å². The predicted octanol–water partition coefficient (Wildman–Crippen LogP) is 2.92. The Kier molecular flexibility index (Phi) is 5.33. The van der Waals surface area contributed by atoms with Crippen molar-refractivity contribution in [2.45, 2.75) is 25.7 Å². The molecule has 0 saturated carbocycles. The lowest BCUT2D eigenvalue weighted by molar-refractivity contribution is 0.0951. The quantitative estimate of drug-likeness (QED) is 0.681. The number of hydrogen-bond acceptors (Lipinski definition) is 4. The van der Waals surface area contributed by atoms with Crippen LogP contribution in [0.3, 0.4) is 0 Å². The van der Waals surface area contributed by atoms with E-state index in [1.165, 1.54) is 22.2 Å². The Morgan fingerprint density at radius 3 is 2.62 bits per heavy atom. The molecule has 0 aliphatic rings. The molecule has 0 bridgehead atoms. The number of thioether (sulfide) groups is 1. The van der Waals surface area contributed by atoms with Gasteiger partial charge >= 0.3 is 0 Å². The molecule has 110 valence electrons. The van der Waals surface area contributed by atoms with Crippen molar-refractivity contribution < 1.29 is 4.79 Å². The summed E-state index contributed by atoms with van der Waals surface area (Å²) in [5.74, 6) is 0.649. The summed E-state index contributed by atoms with van der Waals surface area (Å²) < 4.78 is 0. The van der Waals surface area contributed by atoms with Gasteiger partial charge in [0.2, 0.25) is 0 Å². The SMILES string of the molecule is Cc1cnc(C(=O)NCCSc2ccc(C)c(C)c2)cn1. The third-order valence-corrected chi connectivity index (χ3v) is 4.14. The van der Waals surface area contributed by atoms with Crippen LogP contribution in [0.1, 0.15) is 27.3 Å². The van der Waals surface area contributed by atoms with Gasteiger partial charge in [-0.05, 0) is 44.0 Å². The topological polar surface area (TPSA) is 54.9 Å². The van der Waals surface area contributed by atoms with Crippen molar-refractivity contribution in [2.75, 3.05) is 12.3 Å². The van der Waals surface area contributed by atoms with Crippen LogP contribution < -0.4 is 5.32 Å². The smallest absolute Gasteiger partial charge is 0.271 e. The molecule has 21 heavy (non-hydrogen) atoms. The zero-order valence-corrected chi connectivity index (χ0v) is 13.3. The second-order valence-corrected chi connectivity index (χ2v) is 6.06. The zero-order chi connectivity index (χ0) is 15.2. The van der Waals surface area contributed by atoms with E-state index in [1.807, 2.05) is 6.92 Å². The molecule has 1 heterocycles. The van der Waals surface area contributed by atoms with Crippen LogP contribution in [-0.2, 0) is 0 Å². The zero-order valence-electron chi connectivity index (χ0n) is 12.5. The molecule has 0 unspecified atom stereocenters. The van der Waals surface area contributed by atoms with E-state index in [4.69, 9.17) is 0 Å². The van der Waals surface area contributed by atoms with Crippen LogP contribution in [0.2, 0.25) is 0 Å². The Morgan fingerprint density at radius 1 is 1.14 bits per heavy atom. The largest absolute Gasteiger partial charge is 0.350 e. The molecule has 0 atom stereocenters. The first-order valence-corrected chi connectivity index (χ1v) is 7.82. The van der Waals surface area contributed by atoms with Gasteiger partial charge in [-0.25, -0.2) is 4.98 Å². The minimum absolute atomic E-state index is 0.178. The summed E-state index contributed by atoms with van der Waals surface area (Å²) in [5, 5.41) is 2.85. The molecule has 0 spiro atoms. The second-order valence-electron chi connectivity index (χ2n) is 4.89. The van der Waals surface area contributed by atoms with E-state index in [-0.39, 0.29) is 5.91 Å². The van der Waals surface area contributed by atoms with E-state index in [0.29, 0.717) is 12.2 Å². The summed E-state index contributed by atoms with van der Waals surface area (Å²) in [4.78, 5) is 21.2. The molecule has 5 heteroatoms. The van der Waals surface area contributed by atoms with Crippen molar-refractivity contribution in [2.24, 2.45) is 0 Å². The highest BCUT2D eigenvalue weighted by Crippen LogP contribution is 2.20. The van der Waals surface area contributed by atoms with Gasteiger partial charge in [-0.1, -0.05) is 6.07 Å². The molecule has 1 aromatic carbocycles. The van der Waals surface area contributed by atoms with E-state index in [1.54, 1.807) is 18.0 Å². The Bertz CT molecular complexity index is 626. The van der Waals surface area contributed by atoms with Crippen molar-refractivity contribution in [3.05, 3.63) is 53.1 Å². The van der Waals surface area contributed by atoms with Crippen LogP contribution in [0, 0.1) is 20.8 Å². The van der Waals surface area contributed by atoms with Gasteiger partial charge in [-0.15, -0.1) is 11.8 Å². The second kappa shape index (κ2) is 7.22. The number of rotatable bonds is 5. The normalized spacial score (nSPS) is 10.4. The lowest BCUT2D eigenvalue weighted by atomic mass is 10.1. The van der Waals surface area contributed by atoms with Crippen LogP contribution in [-0.4, -0.2) is 28.2 Å². The Morgan fingerprint density at radius 2 is 1.95 bits per heavy atom. The van der Waals surface area contributed by atoms with Gasteiger partial charge in [0.05, 0.1) is 11.9 Å². The van der Waals surface area contributed by atoms with Gasteiger partial charge in [0, 0.05) is 23.4 Å². The minimum atomic E-state index is -0.178. The van der Waals surface area contributed by atoms with Crippen molar-refractivity contribution in [3.63, 3.8) is 0 Å². The summed E-state index contributed by atoms with van der Waals surface area (Å²) in [5.41, 5.74) is 3.75. The van der Waals surface area contributed by atoms with E-state index in [0.717, 1.165) is 11.4 Å². The maximum atomic E-state index is 11.8. The first-order chi connectivity index (χ1) is 10.1. The molecule has 1 amide bonds. The third kappa shape index (κ3) is 4.56. The number of hydrogen-bond donors (Lipinski definition) is 1. The summed E-state index contributed by atoms with van der Waals surface area (Å²) in [6.07, 6.45) is 3.10. The molecule has 2 rings (SSSR count). The number of benzene rings is 1. The molecular formula is C16H19N3OS. The Hall–Kier alpha value is -1.88. The van der Waals surface area contributed by atoms with Crippen molar-refractivity contribution in [3.8, 4) is 0 Å². The molecule has 2 aromatic rings. The molecule has 0 radical (unpaired) electrons. The number of aryl methyl sites for hydroxylation is 3. The van der Waals surface area contributed by atoms with Gasteiger partial charge in [0.1, 0.15) is 5.69 Å². The standard InChI is InChI=1S/C16H19N3OS/c1-11-4-5-14(8-12(11)2)21-7-6-17-16(20)15-10-18-13(3)9-19-15/h4-5,8-10H,6-7H2,1-3H3,(H,17,20). The maximum Gasteiger partial charge on any atom is 0.271 e. The number of carbonyl (C=O) groups excluding carboxylic acids is 1. The van der Waals surface area contributed by atoms with E-state index in [9.17, 15) is 4.79 Å². The monoisotopic (exact) mass is 301 g/mol. The number of nitrogens with zero attached hydrogens (tertiary/aromatic N) is 2. The molecule has 0 fully saturated rings. The Labute approximate surface area is 129 Å². The summed E-state index contributed by atoms with van der Waals surface area (Å²) in [7, 11) is 0. The van der Waals surface area contributed by atoms with Crippen molar-refractivity contribution in [1.82, 2.24) is 15.3 Å². The van der Waals surface area contributed by atoms with Gasteiger partial charge in [0.15, 0.2) is 0 Å². The summed E-state index contributed by atoms with van der Waals surface area (Å²) in [6, 6.07) is 6.41. The van der Waals surface area contributed by atoms with Crippen LogP contribution in [0.15, 0.2) is 35.5 Å². The van der Waals surface area contributed by atoms with Crippen LogP contribution in [0.5, 0.6) is 0 Å². The number of nitrogens with one attached hydrogen (secondary N) is 1. The molecule has 1 aromatic heterocycles. The molecule has 0 aliphatic carbocycles. The summed E-state index contributed by atoms with van der Waals surface area (Å²) >= 11 is 1.73. The fourth-order valence-electron chi connectivity index (χ4n) is 1.74. The van der Waals surface area contributed by atoms with E-state index >= 15 is 0 Å². The fraction of sp³-hybridized carbons (Fsp3) is 0.312. The molecule has 0 aliphatic heterocycles. The minimum Gasteiger partial charge on any atom is -0.350 e. The van der Waals surface area contributed by atoms with Gasteiger partial charge in [0.25, 0.3) is 5.91 Å². The van der Waals surface area contributed by atoms with Crippen LogP contribution in [0.4, 0.5) is 0 Å².